The largest absolute Gasteiger partial charge is 0.465 e. The Kier molecular flexibility index (Phi) is 7.07. The van der Waals surface area contributed by atoms with Gasteiger partial charge in [0.2, 0.25) is 0 Å². The molecule has 0 aliphatic rings. The Bertz CT molecular complexity index is 187. The average molecular weight is 200 g/mol. The molecule has 0 rings (SSSR count). The van der Waals surface area contributed by atoms with Crippen molar-refractivity contribution in [2.24, 2.45) is 5.92 Å². The Morgan fingerprint density at radius 2 is 1.93 bits per heavy atom. The number of hydrogen-bond acceptors (Lipinski definition) is 3. The average Bonchev–Trinajstić information content (AvgIpc) is 2.14. The number of ether oxygens (including phenoxy) is 1. The predicted molar refractivity (Wildman–Crippen MR) is 54.9 cm³/mol. The summed E-state index contributed by atoms with van der Waals surface area (Å²) >= 11 is 0. The first kappa shape index (κ1) is 13.1. The van der Waals surface area contributed by atoms with Gasteiger partial charge in [0.05, 0.1) is 0 Å². The van der Waals surface area contributed by atoms with E-state index in [-0.39, 0.29) is 24.3 Å². The lowest BCUT2D eigenvalue weighted by atomic mass is 10.1. The van der Waals surface area contributed by atoms with E-state index in [0.29, 0.717) is 6.42 Å². The number of hydrogen-bond donors (Lipinski definition) is 0. The Balaban J connectivity index is 3.48. The summed E-state index contributed by atoms with van der Waals surface area (Å²) in [5.74, 6) is -0.303. The molecule has 0 aromatic rings. The van der Waals surface area contributed by atoms with Gasteiger partial charge in [-0.25, -0.2) is 0 Å². The van der Waals surface area contributed by atoms with E-state index in [0.717, 1.165) is 19.3 Å². The van der Waals surface area contributed by atoms with Crippen molar-refractivity contribution >= 4 is 11.8 Å². The molecule has 0 amide bonds. The zero-order chi connectivity index (χ0) is 11.0. The molecule has 0 bridgehead atoms. The van der Waals surface area contributed by atoms with E-state index < -0.39 is 0 Å². The highest BCUT2D eigenvalue weighted by molar-refractivity contribution is 5.78. The van der Waals surface area contributed by atoms with Gasteiger partial charge in [-0.1, -0.05) is 26.7 Å². The van der Waals surface area contributed by atoms with Crippen molar-refractivity contribution in [3.05, 3.63) is 0 Å². The standard InChI is InChI=1S/C11H20O3/c1-4-5-6-7-11(13)14-8-9(2)10(3)12/h9H,4-8H2,1-3H3. The summed E-state index contributed by atoms with van der Waals surface area (Å²) < 4.78 is 4.95. The number of unbranched alkanes of at least 4 members (excludes halogenated alkanes) is 2. The van der Waals surface area contributed by atoms with E-state index in [1.807, 2.05) is 0 Å². The first-order valence-electron chi connectivity index (χ1n) is 5.24. The Labute approximate surface area is 85.8 Å². The molecule has 0 spiro atoms. The summed E-state index contributed by atoms with van der Waals surface area (Å²) in [5.41, 5.74) is 0. The quantitative estimate of drug-likeness (QED) is 0.468. The lowest BCUT2D eigenvalue weighted by Gasteiger charge is -2.08. The van der Waals surface area contributed by atoms with E-state index in [9.17, 15) is 9.59 Å². The minimum absolute atomic E-state index is 0.0614. The summed E-state index contributed by atoms with van der Waals surface area (Å²) in [4.78, 5) is 21.9. The normalized spacial score (nSPS) is 12.2. The highest BCUT2D eigenvalue weighted by Gasteiger charge is 2.10. The summed E-state index contributed by atoms with van der Waals surface area (Å²) in [7, 11) is 0. The lowest BCUT2D eigenvalue weighted by Crippen LogP contribution is -2.17. The second kappa shape index (κ2) is 7.54. The van der Waals surface area contributed by atoms with Gasteiger partial charge in [-0.15, -0.1) is 0 Å². The monoisotopic (exact) mass is 200 g/mol. The molecule has 0 aromatic carbocycles. The minimum Gasteiger partial charge on any atom is -0.465 e. The molecule has 14 heavy (non-hydrogen) atoms. The van der Waals surface area contributed by atoms with E-state index in [4.69, 9.17) is 4.74 Å². The van der Waals surface area contributed by atoms with E-state index in [2.05, 4.69) is 6.92 Å². The number of carbonyl (C=O) groups excluding carboxylic acids is 2. The van der Waals surface area contributed by atoms with Crippen LogP contribution in [-0.2, 0) is 14.3 Å². The molecule has 3 nitrogen and oxygen atoms in total. The second-order valence-corrected chi connectivity index (χ2v) is 3.65. The van der Waals surface area contributed by atoms with Crippen LogP contribution >= 0.6 is 0 Å². The summed E-state index contributed by atoms with van der Waals surface area (Å²) in [6.07, 6.45) is 3.50. The molecule has 0 saturated heterocycles. The van der Waals surface area contributed by atoms with Crippen LogP contribution in [0.1, 0.15) is 46.5 Å². The van der Waals surface area contributed by atoms with Crippen molar-refractivity contribution in [2.45, 2.75) is 46.5 Å². The van der Waals surface area contributed by atoms with Gasteiger partial charge in [-0.05, 0) is 13.3 Å². The fourth-order valence-corrected chi connectivity index (χ4v) is 0.927. The molecule has 0 saturated carbocycles. The molecule has 0 heterocycles. The molecule has 1 unspecified atom stereocenters. The van der Waals surface area contributed by atoms with Gasteiger partial charge >= 0.3 is 5.97 Å². The third-order valence-electron chi connectivity index (χ3n) is 2.17. The van der Waals surface area contributed by atoms with Crippen LogP contribution in [0.2, 0.25) is 0 Å². The van der Waals surface area contributed by atoms with Gasteiger partial charge < -0.3 is 4.74 Å². The Morgan fingerprint density at radius 3 is 2.43 bits per heavy atom. The van der Waals surface area contributed by atoms with Crippen molar-refractivity contribution in [2.75, 3.05) is 6.61 Å². The zero-order valence-corrected chi connectivity index (χ0v) is 9.34. The SMILES string of the molecule is CCCCCC(=O)OCC(C)C(C)=O. The molecule has 0 fully saturated rings. The highest BCUT2D eigenvalue weighted by Crippen LogP contribution is 2.03. The van der Waals surface area contributed by atoms with E-state index >= 15 is 0 Å². The van der Waals surface area contributed by atoms with Gasteiger partial charge in [0, 0.05) is 12.3 Å². The Hall–Kier alpha value is -0.860. The van der Waals surface area contributed by atoms with Crippen molar-refractivity contribution in [1.82, 2.24) is 0 Å². The van der Waals surface area contributed by atoms with Gasteiger partial charge in [0.1, 0.15) is 12.4 Å². The van der Waals surface area contributed by atoms with Crippen molar-refractivity contribution in [1.29, 1.82) is 0 Å². The van der Waals surface area contributed by atoms with E-state index in [1.54, 1.807) is 6.92 Å². The van der Waals surface area contributed by atoms with Crippen LogP contribution in [0.5, 0.6) is 0 Å². The molecule has 82 valence electrons. The molecule has 0 radical (unpaired) electrons. The van der Waals surface area contributed by atoms with Crippen molar-refractivity contribution < 1.29 is 14.3 Å². The summed E-state index contributed by atoms with van der Waals surface area (Å²) in [6.45, 7) is 5.58. The number of carbonyl (C=O) groups is 2. The number of esters is 1. The van der Waals surface area contributed by atoms with Crippen LogP contribution in [0.15, 0.2) is 0 Å². The minimum atomic E-state index is -0.188. The van der Waals surface area contributed by atoms with Crippen molar-refractivity contribution in [3.63, 3.8) is 0 Å². The summed E-state index contributed by atoms with van der Waals surface area (Å²) in [6, 6.07) is 0. The van der Waals surface area contributed by atoms with Crippen LogP contribution in [-0.4, -0.2) is 18.4 Å². The maximum Gasteiger partial charge on any atom is 0.305 e. The molecule has 0 aromatic heterocycles. The predicted octanol–water partition coefficient (Wildman–Crippen LogP) is 2.33. The smallest absolute Gasteiger partial charge is 0.305 e. The van der Waals surface area contributed by atoms with Crippen LogP contribution in [0.25, 0.3) is 0 Å². The van der Waals surface area contributed by atoms with Gasteiger partial charge in [-0.2, -0.15) is 0 Å². The molecular formula is C11H20O3. The second-order valence-electron chi connectivity index (χ2n) is 3.65. The van der Waals surface area contributed by atoms with Gasteiger partial charge in [0.15, 0.2) is 0 Å². The van der Waals surface area contributed by atoms with Crippen LogP contribution < -0.4 is 0 Å². The van der Waals surface area contributed by atoms with Crippen LogP contribution in [0, 0.1) is 5.92 Å². The number of ketones is 1. The maximum absolute atomic E-state index is 11.1. The topological polar surface area (TPSA) is 43.4 Å². The molecule has 0 aliphatic heterocycles. The molecule has 0 N–H and O–H groups in total. The van der Waals surface area contributed by atoms with Crippen LogP contribution in [0.4, 0.5) is 0 Å². The third-order valence-corrected chi connectivity index (χ3v) is 2.17. The van der Waals surface area contributed by atoms with Gasteiger partial charge in [0.25, 0.3) is 0 Å². The molecule has 3 heteroatoms. The van der Waals surface area contributed by atoms with E-state index in [1.165, 1.54) is 6.92 Å². The molecule has 0 aliphatic carbocycles. The first-order valence-corrected chi connectivity index (χ1v) is 5.24. The highest BCUT2D eigenvalue weighted by atomic mass is 16.5. The first-order chi connectivity index (χ1) is 6.57. The zero-order valence-electron chi connectivity index (χ0n) is 9.34. The van der Waals surface area contributed by atoms with Gasteiger partial charge in [-0.3, -0.25) is 9.59 Å². The van der Waals surface area contributed by atoms with Crippen molar-refractivity contribution in [3.8, 4) is 0 Å². The molecule has 1 atom stereocenters. The number of rotatable bonds is 7. The fraction of sp³-hybridized carbons (Fsp3) is 0.818. The molecular weight excluding hydrogens is 180 g/mol. The fourth-order valence-electron chi connectivity index (χ4n) is 0.927. The Morgan fingerprint density at radius 1 is 1.29 bits per heavy atom. The maximum atomic E-state index is 11.1. The number of Topliss-reactive ketones (excluding diaryl/α,β-unsaturated/α-hetero) is 1. The lowest BCUT2D eigenvalue weighted by molar-refractivity contribution is -0.145. The third kappa shape index (κ3) is 6.63. The van der Waals surface area contributed by atoms with Crippen LogP contribution in [0.3, 0.4) is 0 Å². The summed E-state index contributed by atoms with van der Waals surface area (Å²) in [5, 5.41) is 0.